The molecule has 2 aromatic rings. The summed E-state index contributed by atoms with van der Waals surface area (Å²) in [5.41, 5.74) is -0.494. The van der Waals surface area contributed by atoms with Gasteiger partial charge in [0.1, 0.15) is 11.3 Å². The fourth-order valence-electron chi connectivity index (χ4n) is 1.57. The predicted octanol–water partition coefficient (Wildman–Crippen LogP) is 0.462. The molecule has 0 aliphatic heterocycles. The van der Waals surface area contributed by atoms with Gasteiger partial charge < -0.3 is 14.7 Å². The Hall–Kier alpha value is -3.41. The summed E-state index contributed by atoms with van der Waals surface area (Å²) in [7, 11) is 0. The van der Waals surface area contributed by atoms with E-state index in [0.717, 1.165) is 0 Å². The number of hydrogen-bond acceptors (Lipinski definition) is 8. The second-order valence-corrected chi connectivity index (χ2v) is 4.00. The largest absolute Gasteiger partial charge is 0.453 e. The Morgan fingerprint density at radius 1 is 1.45 bits per heavy atom. The Bertz CT molecular complexity index is 761. The number of nitriles is 1. The molecule has 1 heterocycles. The smallest absolute Gasteiger partial charge is 0.342 e. The lowest BCUT2D eigenvalue weighted by Gasteiger charge is -2.07. The van der Waals surface area contributed by atoms with Gasteiger partial charge in [-0.3, -0.25) is 9.42 Å². The van der Waals surface area contributed by atoms with Crippen LogP contribution in [-0.4, -0.2) is 17.1 Å². The molecule has 0 aliphatic rings. The van der Waals surface area contributed by atoms with Gasteiger partial charge in [0, 0.05) is 12.1 Å². The van der Waals surface area contributed by atoms with Gasteiger partial charge in [-0.2, -0.15) is 5.26 Å². The fraction of sp³-hybridized carbons (Fsp3) is 0.154. The number of carbonyl (C=O) groups excluding carboxylic acids is 2. The molecule has 0 saturated heterocycles. The van der Waals surface area contributed by atoms with Crippen LogP contribution in [0.5, 0.6) is 5.75 Å². The minimum Gasteiger partial charge on any atom is -0.453 e. The van der Waals surface area contributed by atoms with Gasteiger partial charge in [0.25, 0.3) is 5.69 Å². The van der Waals surface area contributed by atoms with E-state index in [4.69, 9.17) is 14.7 Å². The highest BCUT2D eigenvalue weighted by atomic mass is 16.8. The fourth-order valence-corrected chi connectivity index (χ4v) is 1.57. The number of rotatable bonds is 4. The lowest BCUT2D eigenvalue weighted by molar-refractivity contribution is -0.804. The van der Waals surface area contributed by atoms with Gasteiger partial charge in [0.15, 0.2) is 12.7 Å². The number of hydrogen-bond donors (Lipinski definition) is 0. The highest BCUT2D eigenvalue weighted by Gasteiger charge is 2.22. The van der Waals surface area contributed by atoms with Crippen molar-refractivity contribution in [1.82, 2.24) is 5.16 Å². The molecule has 112 valence electrons. The molecule has 1 aromatic carbocycles. The van der Waals surface area contributed by atoms with E-state index in [0.29, 0.717) is 0 Å². The number of benzene rings is 1. The second kappa shape index (κ2) is 6.36. The van der Waals surface area contributed by atoms with E-state index >= 15 is 0 Å². The summed E-state index contributed by atoms with van der Waals surface area (Å²) >= 11 is 0. The van der Waals surface area contributed by atoms with Crippen molar-refractivity contribution in [2.75, 3.05) is 0 Å². The van der Waals surface area contributed by atoms with Gasteiger partial charge >= 0.3 is 17.6 Å². The molecule has 0 bridgehead atoms. The van der Waals surface area contributed by atoms with Crippen LogP contribution < -0.4 is 9.64 Å². The molecule has 0 saturated carbocycles. The van der Waals surface area contributed by atoms with Crippen LogP contribution in [0.25, 0.3) is 0 Å². The summed E-state index contributed by atoms with van der Waals surface area (Å²) in [5, 5.41) is 23.1. The summed E-state index contributed by atoms with van der Waals surface area (Å²) in [4.78, 5) is 22.9. The molecule has 1 aromatic heterocycles. The van der Waals surface area contributed by atoms with E-state index in [2.05, 4.69) is 9.79 Å². The minimum atomic E-state index is -0.804. The van der Waals surface area contributed by atoms with E-state index in [1.165, 1.54) is 19.1 Å². The zero-order chi connectivity index (χ0) is 16.1. The third-order valence-electron chi connectivity index (χ3n) is 2.49. The van der Waals surface area contributed by atoms with Crippen molar-refractivity contribution >= 4 is 11.9 Å². The van der Waals surface area contributed by atoms with E-state index in [-0.39, 0.29) is 21.9 Å². The van der Waals surface area contributed by atoms with Crippen molar-refractivity contribution < 1.29 is 28.6 Å². The quantitative estimate of drug-likeness (QED) is 0.452. The molecule has 9 heteroatoms. The highest BCUT2D eigenvalue weighted by Crippen LogP contribution is 2.19. The van der Waals surface area contributed by atoms with Crippen LogP contribution in [0.1, 0.15) is 28.7 Å². The molecule has 9 nitrogen and oxygen atoms in total. The first-order valence-electron chi connectivity index (χ1n) is 5.96. The first-order valence-corrected chi connectivity index (χ1v) is 5.96. The lowest BCUT2D eigenvalue weighted by Crippen LogP contribution is -2.26. The van der Waals surface area contributed by atoms with Crippen LogP contribution in [0.2, 0.25) is 0 Å². The normalized spacial score (nSPS) is 9.82. The molecule has 0 amide bonds. The van der Waals surface area contributed by atoms with E-state index < -0.39 is 24.2 Å². The van der Waals surface area contributed by atoms with Crippen LogP contribution in [0.15, 0.2) is 28.9 Å². The average molecular weight is 303 g/mol. The first-order chi connectivity index (χ1) is 10.5. The SMILES string of the molecule is CC(=O)Oc1ccccc1C(=O)OCc1no[n+]([O-])c1C#N. The molecule has 0 spiro atoms. The van der Waals surface area contributed by atoms with Crippen LogP contribution in [0.3, 0.4) is 0 Å². The number of esters is 2. The molecular weight excluding hydrogens is 294 g/mol. The van der Waals surface area contributed by atoms with Crippen LogP contribution in [0.4, 0.5) is 0 Å². The first kappa shape index (κ1) is 15.0. The Kier molecular flexibility index (Phi) is 4.33. The highest BCUT2D eigenvalue weighted by molar-refractivity contribution is 5.93. The molecule has 22 heavy (non-hydrogen) atoms. The third kappa shape index (κ3) is 3.18. The molecule has 0 aliphatic carbocycles. The summed E-state index contributed by atoms with van der Waals surface area (Å²) < 4.78 is 14.1. The summed E-state index contributed by atoms with van der Waals surface area (Å²) in [6, 6.07) is 7.56. The average Bonchev–Trinajstić information content (AvgIpc) is 2.84. The van der Waals surface area contributed by atoms with Crippen molar-refractivity contribution in [3.8, 4) is 11.8 Å². The van der Waals surface area contributed by atoms with Crippen molar-refractivity contribution in [2.45, 2.75) is 13.5 Å². The van der Waals surface area contributed by atoms with Gasteiger partial charge in [-0.1, -0.05) is 12.1 Å². The zero-order valence-electron chi connectivity index (χ0n) is 11.3. The van der Waals surface area contributed by atoms with Crippen molar-refractivity contribution in [3.05, 3.63) is 46.4 Å². The molecule has 0 atom stereocenters. The number of carbonyl (C=O) groups is 2. The Morgan fingerprint density at radius 2 is 2.18 bits per heavy atom. The maximum atomic E-state index is 12.0. The van der Waals surface area contributed by atoms with Gasteiger partial charge in [0.05, 0.1) is 0 Å². The van der Waals surface area contributed by atoms with Crippen LogP contribution in [0, 0.1) is 16.5 Å². The van der Waals surface area contributed by atoms with Crippen molar-refractivity contribution in [1.29, 1.82) is 5.26 Å². The standard InChI is InChI=1S/C13H9N3O6/c1-8(17)21-12-5-3-2-4-9(12)13(18)20-7-10-11(6-14)16(19)22-15-10/h2-5H,7H2,1H3. The minimum absolute atomic E-state index is 0.0229. The van der Waals surface area contributed by atoms with Crippen LogP contribution in [-0.2, 0) is 16.1 Å². The van der Waals surface area contributed by atoms with Gasteiger partial charge in [-0.15, -0.1) is 0 Å². The van der Waals surface area contributed by atoms with E-state index in [1.807, 2.05) is 0 Å². The van der Waals surface area contributed by atoms with Gasteiger partial charge in [0.2, 0.25) is 0 Å². The molecule has 0 radical (unpaired) electrons. The van der Waals surface area contributed by atoms with Crippen LogP contribution >= 0.6 is 0 Å². The van der Waals surface area contributed by atoms with Crippen molar-refractivity contribution in [2.24, 2.45) is 0 Å². The van der Waals surface area contributed by atoms with E-state index in [1.54, 1.807) is 18.2 Å². The van der Waals surface area contributed by atoms with Gasteiger partial charge in [-0.05, 0) is 17.0 Å². The lowest BCUT2D eigenvalue weighted by atomic mass is 10.2. The third-order valence-corrected chi connectivity index (χ3v) is 2.49. The number of ether oxygens (including phenoxy) is 2. The number of nitrogens with zero attached hydrogens (tertiary/aromatic N) is 3. The Morgan fingerprint density at radius 3 is 2.86 bits per heavy atom. The van der Waals surface area contributed by atoms with Gasteiger partial charge in [-0.25, -0.2) is 4.79 Å². The molecule has 0 fully saturated rings. The Balaban J connectivity index is 2.13. The summed E-state index contributed by atoms with van der Waals surface area (Å²) in [5.74, 6) is -1.35. The summed E-state index contributed by atoms with van der Waals surface area (Å²) in [6.45, 7) is 0.762. The molecule has 2 rings (SSSR count). The maximum absolute atomic E-state index is 12.0. The molecular formula is C13H9N3O6. The molecule has 0 N–H and O–H groups in total. The number of aromatic nitrogens is 2. The monoisotopic (exact) mass is 303 g/mol. The van der Waals surface area contributed by atoms with Crippen molar-refractivity contribution in [3.63, 3.8) is 0 Å². The summed E-state index contributed by atoms with van der Waals surface area (Å²) in [6.07, 6.45) is 0. The maximum Gasteiger partial charge on any atom is 0.342 e. The second-order valence-electron chi connectivity index (χ2n) is 4.00. The topological polar surface area (TPSA) is 129 Å². The van der Waals surface area contributed by atoms with E-state index in [9.17, 15) is 14.8 Å². The number of para-hydroxylation sites is 1. The zero-order valence-corrected chi connectivity index (χ0v) is 11.3. The Labute approximate surface area is 123 Å². The predicted molar refractivity (Wildman–Crippen MR) is 67.0 cm³/mol. The molecule has 0 unspecified atom stereocenters.